The minimum absolute atomic E-state index is 0.394. The molecule has 122 valence electrons. The van der Waals surface area contributed by atoms with Gasteiger partial charge in [-0.2, -0.15) is 0 Å². The van der Waals surface area contributed by atoms with Crippen molar-refractivity contribution in [1.29, 1.82) is 0 Å². The second-order valence-corrected chi connectivity index (χ2v) is 7.91. The molecule has 0 aliphatic carbocycles. The average molecular weight is 292 g/mol. The zero-order valence-corrected chi connectivity index (χ0v) is 15.7. The van der Waals surface area contributed by atoms with Crippen molar-refractivity contribution in [3.63, 3.8) is 0 Å². The van der Waals surface area contributed by atoms with E-state index in [0.29, 0.717) is 23.2 Å². The third-order valence-corrected chi connectivity index (χ3v) is 3.82. The molecular weight excluding hydrogens is 254 g/mol. The zero-order chi connectivity index (χ0) is 16.8. The molecule has 0 amide bonds. The van der Waals surface area contributed by atoms with Gasteiger partial charge in [-0.3, -0.25) is 0 Å². The lowest BCUT2D eigenvalue weighted by Gasteiger charge is -2.25. The SMILES string of the molecule is CC(C)c1cc(C(C)C)cc(C(C)CC(C)(C)C)c1.CN. The Morgan fingerprint density at radius 3 is 1.38 bits per heavy atom. The van der Waals surface area contributed by atoms with E-state index in [0.717, 1.165) is 0 Å². The summed E-state index contributed by atoms with van der Waals surface area (Å²) in [5, 5.41) is 0. The second kappa shape index (κ2) is 8.58. The Bertz CT molecular complexity index is 384. The fourth-order valence-electron chi connectivity index (χ4n) is 2.69. The molecule has 0 bridgehead atoms. The molecule has 1 aromatic carbocycles. The average Bonchev–Trinajstić information content (AvgIpc) is 2.38. The van der Waals surface area contributed by atoms with Gasteiger partial charge in [0, 0.05) is 0 Å². The van der Waals surface area contributed by atoms with Gasteiger partial charge in [0.2, 0.25) is 0 Å². The summed E-state index contributed by atoms with van der Waals surface area (Å²) >= 11 is 0. The molecule has 0 fully saturated rings. The third kappa shape index (κ3) is 7.13. The van der Waals surface area contributed by atoms with E-state index in [-0.39, 0.29) is 0 Å². The predicted octanol–water partition coefficient (Wildman–Crippen LogP) is 6.05. The largest absolute Gasteiger partial charge is 0.333 e. The van der Waals surface area contributed by atoms with Gasteiger partial charge in [0.1, 0.15) is 0 Å². The third-order valence-electron chi connectivity index (χ3n) is 3.82. The standard InChI is InChI=1S/C19H32.CH5N/c1-13(2)16-9-17(14(3)4)11-18(10-16)15(5)12-19(6,7)8;1-2/h9-11,13-15H,12H2,1-8H3;2H2,1H3. The predicted molar refractivity (Wildman–Crippen MR) is 97.2 cm³/mol. The molecule has 0 aromatic heterocycles. The maximum absolute atomic E-state index is 4.50. The monoisotopic (exact) mass is 291 g/mol. The molecule has 2 N–H and O–H groups in total. The number of hydrogen-bond acceptors (Lipinski definition) is 1. The minimum atomic E-state index is 0.394. The second-order valence-electron chi connectivity index (χ2n) is 7.91. The lowest BCUT2D eigenvalue weighted by atomic mass is 9.80. The number of benzene rings is 1. The van der Waals surface area contributed by atoms with Crippen LogP contribution in [0.5, 0.6) is 0 Å². The van der Waals surface area contributed by atoms with Gasteiger partial charge in [0.05, 0.1) is 0 Å². The molecule has 0 saturated heterocycles. The molecule has 21 heavy (non-hydrogen) atoms. The van der Waals surface area contributed by atoms with Crippen LogP contribution in [0.2, 0.25) is 0 Å². The fraction of sp³-hybridized carbons (Fsp3) is 0.700. The Kier molecular flexibility index (Phi) is 8.25. The van der Waals surface area contributed by atoms with E-state index in [4.69, 9.17) is 0 Å². The summed E-state index contributed by atoms with van der Waals surface area (Å²) in [5.74, 6) is 1.86. The van der Waals surface area contributed by atoms with Crippen LogP contribution in [0.3, 0.4) is 0 Å². The molecule has 0 radical (unpaired) electrons. The number of nitrogens with two attached hydrogens (primary N) is 1. The molecule has 1 atom stereocenters. The van der Waals surface area contributed by atoms with E-state index in [2.05, 4.69) is 79.3 Å². The van der Waals surface area contributed by atoms with Gasteiger partial charge in [-0.05, 0) is 53.3 Å². The maximum atomic E-state index is 4.50. The van der Waals surface area contributed by atoms with Gasteiger partial charge < -0.3 is 5.73 Å². The zero-order valence-electron chi connectivity index (χ0n) is 15.7. The molecule has 1 heteroatoms. The molecule has 1 unspecified atom stereocenters. The topological polar surface area (TPSA) is 26.0 Å². The van der Waals surface area contributed by atoms with Crippen LogP contribution in [0, 0.1) is 5.41 Å². The molecule has 1 nitrogen and oxygen atoms in total. The van der Waals surface area contributed by atoms with Crippen LogP contribution in [0.1, 0.15) is 96.3 Å². The van der Waals surface area contributed by atoms with Crippen molar-refractivity contribution in [3.05, 3.63) is 34.9 Å². The van der Waals surface area contributed by atoms with Crippen molar-refractivity contribution in [2.45, 2.75) is 79.6 Å². The normalized spacial score (nSPS) is 13.1. The Morgan fingerprint density at radius 1 is 0.762 bits per heavy atom. The Morgan fingerprint density at radius 2 is 1.10 bits per heavy atom. The van der Waals surface area contributed by atoms with Gasteiger partial charge >= 0.3 is 0 Å². The van der Waals surface area contributed by atoms with Crippen LogP contribution in [0.15, 0.2) is 18.2 Å². The van der Waals surface area contributed by atoms with E-state index in [1.807, 2.05) is 0 Å². The highest BCUT2D eigenvalue weighted by Gasteiger charge is 2.18. The fourth-order valence-corrected chi connectivity index (χ4v) is 2.69. The Labute approximate surface area is 133 Å². The summed E-state index contributed by atoms with van der Waals surface area (Å²) in [6, 6.07) is 7.24. The molecule has 1 rings (SSSR count). The van der Waals surface area contributed by atoms with Crippen LogP contribution in [0.25, 0.3) is 0 Å². The van der Waals surface area contributed by atoms with Gasteiger partial charge in [0.25, 0.3) is 0 Å². The molecular formula is C20H37N. The first kappa shape index (κ1) is 20.2. The first-order chi connectivity index (χ1) is 9.60. The molecule has 1 aromatic rings. The summed E-state index contributed by atoms with van der Waals surface area (Å²) in [6.07, 6.45) is 1.24. The summed E-state index contributed by atoms with van der Waals surface area (Å²) in [7, 11) is 1.50. The molecule has 0 aliphatic rings. The van der Waals surface area contributed by atoms with Gasteiger partial charge in [-0.25, -0.2) is 0 Å². The number of hydrogen-bond donors (Lipinski definition) is 1. The van der Waals surface area contributed by atoms with Crippen LogP contribution < -0.4 is 5.73 Å². The summed E-state index contributed by atoms with van der Waals surface area (Å²) in [6.45, 7) is 18.5. The Hall–Kier alpha value is -0.820. The van der Waals surface area contributed by atoms with Crippen molar-refractivity contribution >= 4 is 0 Å². The lowest BCUT2D eigenvalue weighted by molar-refractivity contribution is 0.348. The summed E-state index contributed by atoms with van der Waals surface area (Å²) in [4.78, 5) is 0. The van der Waals surface area contributed by atoms with Gasteiger partial charge in [-0.15, -0.1) is 0 Å². The lowest BCUT2D eigenvalue weighted by Crippen LogP contribution is -2.10. The minimum Gasteiger partial charge on any atom is -0.333 e. The first-order valence-electron chi connectivity index (χ1n) is 8.32. The Balaban J connectivity index is 0.00000191. The van der Waals surface area contributed by atoms with Crippen LogP contribution in [-0.2, 0) is 0 Å². The van der Waals surface area contributed by atoms with E-state index < -0.39 is 0 Å². The molecule has 0 saturated carbocycles. The van der Waals surface area contributed by atoms with Crippen molar-refractivity contribution in [1.82, 2.24) is 0 Å². The smallest absolute Gasteiger partial charge is 0.0185 e. The van der Waals surface area contributed by atoms with Crippen molar-refractivity contribution in [3.8, 4) is 0 Å². The number of rotatable bonds is 4. The van der Waals surface area contributed by atoms with E-state index in [1.165, 1.54) is 30.2 Å². The molecule has 0 heterocycles. The van der Waals surface area contributed by atoms with Crippen LogP contribution in [-0.4, -0.2) is 7.05 Å². The van der Waals surface area contributed by atoms with Gasteiger partial charge in [-0.1, -0.05) is 73.6 Å². The van der Waals surface area contributed by atoms with E-state index >= 15 is 0 Å². The maximum Gasteiger partial charge on any atom is -0.0185 e. The summed E-state index contributed by atoms with van der Waals surface area (Å²) < 4.78 is 0. The van der Waals surface area contributed by atoms with Crippen LogP contribution >= 0.6 is 0 Å². The highest BCUT2D eigenvalue weighted by Crippen LogP contribution is 2.33. The first-order valence-corrected chi connectivity index (χ1v) is 8.32. The highest BCUT2D eigenvalue weighted by atomic mass is 14.4. The van der Waals surface area contributed by atoms with Crippen molar-refractivity contribution in [2.75, 3.05) is 7.05 Å². The highest BCUT2D eigenvalue weighted by molar-refractivity contribution is 5.35. The van der Waals surface area contributed by atoms with E-state index in [1.54, 1.807) is 0 Å². The van der Waals surface area contributed by atoms with Crippen LogP contribution in [0.4, 0.5) is 0 Å². The summed E-state index contributed by atoms with van der Waals surface area (Å²) in [5.41, 5.74) is 9.39. The molecule has 0 spiro atoms. The molecule has 0 aliphatic heterocycles. The van der Waals surface area contributed by atoms with Crippen molar-refractivity contribution in [2.24, 2.45) is 11.1 Å². The van der Waals surface area contributed by atoms with Gasteiger partial charge in [0.15, 0.2) is 0 Å². The van der Waals surface area contributed by atoms with Crippen molar-refractivity contribution < 1.29 is 0 Å². The van der Waals surface area contributed by atoms with E-state index in [9.17, 15) is 0 Å². The quantitative estimate of drug-likeness (QED) is 0.718.